The molecule has 8 heteroatoms. The van der Waals surface area contributed by atoms with E-state index in [9.17, 15) is 0 Å². The highest BCUT2D eigenvalue weighted by molar-refractivity contribution is 5.99. The quantitative estimate of drug-likeness (QED) is 0.472. The third kappa shape index (κ3) is 3.59. The topological polar surface area (TPSA) is 74.9 Å². The highest BCUT2D eigenvalue weighted by Crippen LogP contribution is 2.52. The van der Waals surface area contributed by atoms with Crippen molar-refractivity contribution < 1.29 is 28.1 Å². The Balaban J connectivity index is 1.65. The van der Waals surface area contributed by atoms with Gasteiger partial charge in [0.15, 0.2) is 23.0 Å². The summed E-state index contributed by atoms with van der Waals surface area (Å²) in [6.07, 6.45) is 0.140. The lowest BCUT2D eigenvalue weighted by Gasteiger charge is -2.39. The number of hydrazone groups is 1. The van der Waals surface area contributed by atoms with Crippen LogP contribution in [-0.2, 0) is 0 Å². The van der Waals surface area contributed by atoms with Crippen molar-refractivity contribution >= 4 is 5.71 Å². The maximum absolute atomic E-state index is 6.59. The Hall–Kier alpha value is -3.81. The first-order valence-corrected chi connectivity index (χ1v) is 11.2. The molecule has 0 saturated heterocycles. The van der Waals surface area contributed by atoms with Gasteiger partial charge in [0.1, 0.15) is 17.2 Å². The van der Waals surface area contributed by atoms with E-state index in [4.69, 9.17) is 33.2 Å². The molecule has 0 spiro atoms. The molecule has 0 fully saturated rings. The van der Waals surface area contributed by atoms with Gasteiger partial charge in [0.2, 0.25) is 12.0 Å². The van der Waals surface area contributed by atoms with Gasteiger partial charge in [0.25, 0.3) is 0 Å². The number of hydrogen-bond donors (Lipinski definition) is 0. The Morgan fingerprint density at radius 1 is 1.00 bits per heavy atom. The van der Waals surface area contributed by atoms with E-state index < -0.39 is 6.23 Å². The summed E-state index contributed by atoms with van der Waals surface area (Å²) < 4.78 is 35.1. The van der Waals surface area contributed by atoms with E-state index in [2.05, 4.69) is 6.07 Å². The highest BCUT2D eigenvalue weighted by atomic mass is 16.5. The smallest absolute Gasteiger partial charge is 0.214 e. The second kappa shape index (κ2) is 8.85. The number of fused-ring (bicyclic) bond motifs is 3. The van der Waals surface area contributed by atoms with Crippen LogP contribution in [0.5, 0.6) is 28.7 Å². The van der Waals surface area contributed by atoms with Gasteiger partial charge >= 0.3 is 0 Å². The average molecular weight is 465 g/mol. The molecule has 2 aromatic carbocycles. The molecule has 178 valence electrons. The van der Waals surface area contributed by atoms with E-state index in [0.717, 1.165) is 34.1 Å². The first kappa shape index (κ1) is 22.0. The summed E-state index contributed by atoms with van der Waals surface area (Å²) in [7, 11) is 4.78. The second-order valence-electron chi connectivity index (χ2n) is 8.09. The number of para-hydroxylation sites is 1. The molecular formula is C26H28N2O6. The zero-order chi connectivity index (χ0) is 23.8. The van der Waals surface area contributed by atoms with Crippen LogP contribution in [0, 0.1) is 6.92 Å². The van der Waals surface area contributed by atoms with Crippen LogP contribution in [0.4, 0.5) is 0 Å². The van der Waals surface area contributed by atoms with Crippen LogP contribution in [0.3, 0.4) is 0 Å². The molecule has 34 heavy (non-hydrogen) atoms. The lowest BCUT2D eigenvalue weighted by Crippen LogP contribution is -2.34. The molecule has 0 saturated carbocycles. The zero-order valence-electron chi connectivity index (χ0n) is 20.0. The molecular weight excluding hydrogens is 436 g/mol. The molecule has 0 aliphatic carbocycles. The van der Waals surface area contributed by atoms with E-state index in [0.29, 0.717) is 36.0 Å². The van der Waals surface area contributed by atoms with Crippen molar-refractivity contribution in [1.29, 1.82) is 0 Å². The molecule has 2 aliphatic rings. The Morgan fingerprint density at radius 2 is 1.76 bits per heavy atom. The third-order valence-corrected chi connectivity index (χ3v) is 6.08. The standard InChI is InChI=1S/C26H28N2O6/c1-6-32-21-9-7-8-17-19-14-18(20-11-10-15(2)33-20)27-28(19)26(34-24(17)21)16-12-22(29-3)25(31-5)23(13-16)30-4/h7-13,19,26H,6,14H2,1-5H3/t19-,26-/m1/s1. The van der Waals surface area contributed by atoms with Crippen molar-refractivity contribution in [2.24, 2.45) is 5.10 Å². The van der Waals surface area contributed by atoms with Gasteiger partial charge in [0, 0.05) is 17.5 Å². The number of methoxy groups -OCH3 is 3. The minimum atomic E-state index is -0.540. The van der Waals surface area contributed by atoms with Crippen LogP contribution in [0.2, 0.25) is 0 Å². The summed E-state index contributed by atoms with van der Waals surface area (Å²) in [4.78, 5) is 0. The predicted octanol–water partition coefficient (Wildman–Crippen LogP) is 5.25. The van der Waals surface area contributed by atoms with Crippen LogP contribution >= 0.6 is 0 Å². The van der Waals surface area contributed by atoms with E-state index in [-0.39, 0.29) is 6.04 Å². The van der Waals surface area contributed by atoms with E-state index >= 15 is 0 Å². The Bertz CT molecular complexity index is 1210. The molecule has 3 heterocycles. The van der Waals surface area contributed by atoms with Gasteiger partial charge in [-0.3, -0.25) is 0 Å². The van der Waals surface area contributed by atoms with Gasteiger partial charge in [-0.2, -0.15) is 5.10 Å². The summed E-state index contributed by atoms with van der Waals surface area (Å²) in [6, 6.07) is 13.6. The molecule has 1 aromatic heterocycles. The van der Waals surface area contributed by atoms with Crippen LogP contribution in [0.25, 0.3) is 0 Å². The molecule has 3 aromatic rings. The fourth-order valence-electron chi connectivity index (χ4n) is 4.56. The normalized spacial score (nSPS) is 18.5. The summed E-state index contributed by atoms with van der Waals surface area (Å²) in [5.41, 5.74) is 2.71. The number of benzene rings is 2. The number of hydrogen-bond acceptors (Lipinski definition) is 8. The maximum Gasteiger partial charge on any atom is 0.214 e. The largest absolute Gasteiger partial charge is 0.493 e. The van der Waals surface area contributed by atoms with Crippen molar-refractivity contribution in [2.75, 3.05) is 27.9 Å². The second-order valence-corrected chi connectivity index (χ2v) is 8.09. The monoisotopic (exact) mass is 464 g/mol. The summed E-state index contributed by atoms with van der Waals surface area (Å²) in [5.74, 6) is 4.65. The molecule has 0 amide bonds. The SMILES string of the molecule is CCOc1cccc2c1O[C@H](c1cc(OC)c(OC)c(OC)c1)N1N=C(c3ccc(C)o3)C[C@H]21. The van der Waals surface area contributed by atoms with E-state index in [1.54, 1.807) is 21.3 Å². The van der Waals surface area contributed by atoms with Crippen molar-refractivity contribution in [3.8, 4) is 28.7 Å². The molecule has 2 atom stereocenters. The molecule has 0 bridgehead atoms. The number of furan rings is 1. The minimum absolute atomic E-state index is 0.0475. The fraction of sp³-hybridized carbons (Fsp3) is 0.346. The van der Waals surface area contributed by atoms with Crippen molar-refractivity contribution in [2.45, 2.75) is 32.5 Å². The third-order valence-electron chi connectivity index (χ3n) is 6.08. The molecule has 0 radical (unpaired) electrons. The van der Waals surface area contributed by atoms with Crippen molar-refractivity contribution in [3.05, 3.63) is 65.1 Å². The average Bonchev–Trinajstić information content (AvgIpc) is 3.49. The first-order valence-electron chi connectivity index (χ1n) is 11.2. The number of ether oxygens (including phenoxy) is 5. The Labute approximate surface area is 198 Å². The molecule has 0 N–H and O–H groups in total. The maximum atomic E-state index is 6.59. The summed E-state index contributed by atoms with van der Waals surface area (Å²) in [6.45, 7) is 4.43. The van der Waals surface area contributed by atoms with Gasteiger partial charge in [-0.05, 0) is 44.2 Å². The van der Waals surface area contributed by atoms with Gasteiger partial charge in [-0.25, -0.2) is 5.01 Å². The van der Waals surface area contributed by atoms with Gasteiger partial charge in [-0.15, -0.1) is 0 Å². The number of rotatable bonds is 7. The van der Waals surface area contributed by atoms with Gasteiger partial charge in [-0.1, -0.05) is 12.1 Å². The lowest BCUT2D eigenvalue weighted by molar-refractivity contribution is -0.0214. The van der Waals surface area contributed by atoms with Crippen LogP contribution in [-0.4, -0.2) is 38.7 Å². The molecule has 0 unspecified atom stereocenters. The van der Waals surface area contributed by atoms with Crippen LogP contribution < -0.4 is 23.7 Å². The van der Waals surface area contributed by atoms with Gasteiger partial charge in [0.05, 0.1) is 34.0 Å². The minimum Gasteiger partial charge on any atom is -0.493 e. The van der Waals surface area contributed by atoms with Crippen LogP contribution in [0.1, 0.15) is 48.3 Å². The number of nitrogens with zero attached hydrogens (tertiary/aromatic N) is 2. The first-order chi connectivity index (χ1) is 16.6. The van der Waals surface area contributed by atoms with E-state index in [1.165, 1.54) is 0 Å². The van der Waals surface area contributed by atoms with Gasteiger partial charge < -0.3 is 28.1 Å². The zero-order valence-corrected chi connectivity index (χ0v) is 20.0. The molecule has 8 nitrogen and oxygen atoms in total. The molecule has 2 aliphatic heterocycles. The Kier molecular flexibility index (Phi) is 5.73. The van der Waals surface area contributed by atoms with Crippen LogP contribution in [0.15, 0.2) is 52.0 Å². The highest BCUT2D eigenvalue weighted by Gasteiger charge is 2.43. The fourth-order valence-corrected chi connectivity index (χ4v) is 4.56. The number of aryl methyl sites for hydroxylation is 1. The van der Waals surface area contributed by atoms with E-state index in [1.807, 2.05) is 55.3 Å². The summed E-state index contributed by atoms with van der Waals surface area (Å²) >= 11 is 0. The lowest BCUT2D eigenvalue weighted by atomic mass is 9.97. The predicted molar refractivity (Wildman–Crippen MR) is 126 cm³/mol. The Morgan fingerprint density at radius 3 is 2.38 bits per heavy atom. The van der Waals surface area contributed by atoms with Crippen molar-refractivity contribution in [3.63, 3.8) is 0 Å². The van der Waals surface area contributed by atoms with Crippen molar-refractivity contribution in [1.82, 2.24) is 5.01 Å². The molecule has 5 rings (SSSR count). The summed E-state index contributed by atoms with van der Waals surface area (Å²) in [5, 5.41) is 6.94.